The van der Waals surface area contributed by atoms with Gasteiger partial charge in [0.1, 0.15) is 11.8 Å². The second kappa shape index (κ2) is 7.81. The average molecular weight is 385 g/mol. The number of nitrogens with zero attached hydrogens (tertiary/aromatic N) is 4. The van der Waals surface area contributed by atoms with Gasteiger partial charge in [0.2, 0.25) is 5.13 Å². The normalized spacial score (nSPS) is 10.2. The summed E-state index contributed by atoms with van der Waals surface area (Å²) in [7, 11) is 1.60. The third kappa shape index (κ3) is 4.08. The molecule has 0 bridgehead atoms. The van der Waals surface area contributed by atoms with Gasteiger partial charge in [-0.2, -0.15) is 5.26 Å². The molecule has 2 aromatic carbocycles. The van der Waals surface area contributed by atoms with Crippen molar-refractivity contribution in [2.45, 2.75) is 9.24 Å². The van der Waals surface area contributed by atoms with Gasteiger partial charge in [0, 0.05) is 22.7 Å². The van der Waals surface area contributed by atoms with Crippen LogP contribution in [0.5, 0.6) is 5.75 Å². The van der Waals surface area contributed by atoms with Gasteiger partial charge in [0.25, 0.3) is 5.69 Å². The van der Waals surface area contributed by atoms with Crippen LogP contribution in [0.1, 0.15) is 5.56 Å². The first-order valence-electron chi connectivity index (χ1n) is 7.20. The number of methoxy groups -OCH3 is 1. The molecule has 0 aliphatic rings. The molecule has 3 rings (SSSR count). The molecule has 26 heavy (non-hydrogen) atoms. The number of nitro benzene ring substituents is 1. The fourth-order valence-electron chi connectivity index (χ4n) is 2.00. The lowest BCUT2D eigenvalue weighted by molar-refractivity contribution is -0.384. The summed E-state index contributed by atoms with van der Waals surface area (Å²) in [6.45, 7) is 0. The maximum Gasteiger partial charge on any atom is 0.270 e. The minimum absolute atomic E-state index is 0.120. The highest BCUT2D eigenvalue weighted by molar-refractivity contribution is 8.01. The Morgan fingerprint density at radius 2 is 2.04 bits per heavy atom. The summed E-state index contributed by atoms with van der Waals surface area (Å²) in [5.74, 6) is 0.756. The number of aromatic nitrogens is 2. The van der Waals surface area contributed by atoms with Crippen LogP contribution in [0.4, 0.5) is 16.5 Å². The predicted molar refractivity (Wildman–Crippen MR) is 98.1 cm³/mol. The minimum Gasteiger partial charge on any atom is -0.497 e. The van der Waals surface area contributed by atoms with Crippen LogP contribution in [0, 0.1) is 21.4 Å². The highest BCUT2D eigenvalue weighted by atomic mass is 32.2. The molecule has 0 amide bonds. The molecule has 0 saturated heterocycles. The van der Waals surface area contributed by atoms with Crippen LogP contribution in [0.3, 0.4) is 0 Å². The molecule has 8 nitrogen and oxygen atoms in total. The Labute approximate surface area is 156 Å². The van der Waals surface area contributed by atoms with Crippen molar-refractivity contribution in [3.63, 3.8) is 0 Å². The van der Waals surface area contributed by atoms with Crippen molar-refractivity contribution in [2.24, 2.45) is 0 Å². The average Bonchev–Trinajstić information content (AvgIpc) is 3.09. The van der Waals surface area contributed by atoms with Crippen LogP contribution in [-0.2, 0) is 0 Å². The number of non-ortho nitro benzene ring substituents is 1. The molecule has 0 aliphatic carbocycles. The van der Waals surface area contributed by atoms with Gasteiger partial charge in [0.15, 0.2) is 4.34 Å². The SMILES string of the molecule is COc1ccc(Nc2nnc(Sc3ccc([N+](=O)[O-])cc3C#N)s2)cc1. The van der Waals surface area contributed by atoms with E-state index < -0.39 is 4.92 Å². The molecule has 0 aliphatic heterocycles. The van der Waals surface area contributed by atoms with E-state index in [1.54, 1.807) is 13.2 Å². The van der Waals surface area contributed by atoms with Crippen molar-refractivity contribution in [1.29, 1.82) is 5.26 Å². The molecular formula is C16H11N5O3S2. The first-order valence-corrected chi connectivity index (χ1v) is 8.83. The second-order valence-electron chi connectivity index (χ2n) is 4.88. The molecule has 0 fully saturated rings. The number of hydrogen-bond acceptors (Lipinski definition) is 9. The maximum atomic E-state index is 10.8. The molecule has 0 radical (unpaired) electrons. The zero-order chi connectivity index (χ0) is 18.5. The van der Waals surface area contributed by atoms with Crippen LogP contribution in [-0.4, -0.2) is 22.2 Å². The topological polar surface area (TPSA) is 114 Å². The minimum atomic E-state index is -0.531. The predicted octanol–water partition coefficient (Wildman–Crippen LogP) is 4.22. The standard InChI is InChI=1S/C16H11N5O3S2/c1-24-13-5-2-11(3-6-13)18-15-19-20-16(26-15)25-14-7-4-12(21(22)23)8-10(14)9-17/h2-8H,1H3,(H,18,19). The van der Waals surface area contributed by atoms with Crippen molar-refractivity contribution in [2.75, 3.05) is 12.4 Å². The van der Waals surface area contributed by atoms with Crippen LogP contribution >= 0.6 is 23.1 Å². The Morgan fingerprint density at radius 1 is 1.27 bits per heavy atom. The number of benzene rings is 2. The molecule has 0 unspecified atom stereocenters. The summed E-state index contributed by atoms with van der Waals surface area (Å²) in [5, 5.41) is 31.9. The zero-order valence-corrected chi connectivity index (χ0v) is 15.0. The van der Waals surface area contributed by atoms with Gasteiger partial charge in [-0.1, -0.05) is 23.1 Å². The van der Waals surface area contributed by atoms with Crippen molar-refractivity contribution < 1.29 is 9.66 Å². The number of anilines is 2. The summed E-state index contributed by atoms with van der Waals surface area (Å²) in [5.41, 5.74) is 0.945. The molecule has 0 atom stereocenters. The van der Waals surface area contributed by atoms with E-state index in [-0.39, 0.29) is 11.3 Å². The number of hydrogen-bond donors (Lipinski definition) is 1. The number of ether oxygens (including phenoxy) is 1. The number of nitro groups is 1. The van der Waals surface area contributed by atoms with Gasteiger partial charge in [-0.3, -0.25) is 10.1 Å². The second-order valence-corrected chi connectivity index (χ2v) is 7.14. The summed E-state index contributed by atoms with van der Waals surface area (Å²) in [6, 6.07) is 13.5. The van der Waals surface area contributed by atoms with E-state index in [4.69, 9.17) is 4.74 Å². The van der Waals surface area contributed by atoms with E-state index in [1.807, 2.05) is 30.3 Å². The Hall–Kier alpha value is -3.16. The summed E-state index contributed by atoms with van der Waals surface area (Å²) >= 11 is 2.55. The van der Waals surface area contributed by atoms with E-state index in [2.05, 4.69) is 15.5 Å². The number of nitriles is 1. The Balaban J connectivity index is 1.74. The van der Waals surface area contributed by atoms with Crippen molar-refractivity contribution in [1.82, 2.24) is 10.2 Å². The molecular weight excluding hydrogens is 374 g/mol. The Morgan fingerprint density at radius 3 is 2.69 bits per heavy atom. The molecule has 1 N–H and O–H groups in total. The number of nitrogens with one attached hydrogen (secondary N) is 1. The van der Waals surface area contributed by atoms with Gasteiger partial charge in [-0.25, -0.2) is 0 Å². The third-order valence-corrected chi connectivity index (χ3v) is 5.20. The largest absolute Gasteiger partial charge is 0.497 e. The van der Waals surface area contributed by atoms with Gasteiger partial charge in [-0.05, 0) is 30.3 Å². The van der Waals surface area contributed by atoms with Crippen LogP contribution in [0.15, 0.2) is 51.7 Å². The maximum absolute atomic E-state index is 10.8. The lowest BCUT2D eigenvalue weighted by Gasteiger charge is -2.03. The van der Waals surface area contributed by atoms with Crippen molar-refractivity contribution >= 4 is 39.6 Å². The third-order valence-electron chi connectivity index (χ3n) is 3.24. The van der Waals surface area contributed by atoms with E-state index >= 15 is 0 Å². The molecule has 1 heterocycles. The monoisotopic (exact) mass is 385 g/mol. The lowest BCUT2D eigenvalue weighted by Crippen LogP contribution is -1.90. The van der Waals surface area contributed by atoms with Gasteiger partial charge in [-0.15, -0.1) is 10.2 Å². The Bertz CT molecular complexity index is 982. The smallest absolute Gasteiger partial charge is 0.270 e. The summed E-state index contributed by atoms with van der Waals surface area (Å²) in [4.78, 5) is 10.9. The van der Waals surface area contributed by atoms with Gasteiger partial charge in [0.05, 0.1) is 17.6 Å². The van der Waals surface area contributed by atoms with E-state index in [9.17, 15) is 15.4 Å². The molecule has 3 aromatic rings. The van der Waals surface area contributed by atoms with Gasteiger partial charge < -0.3 is 10.1 Å². The first-order chi connectivity index (χ1) is 12.6. The van der Waals surface area contributed by atoms with E-state index in [0.29, 0.717) is 14.4 Å². The fraction of sp³-hybridized carbons (Fsp3) is 0.0625. The van der Waals surface area contributed by atoms with Crippen molar-refractivity contribution in [3.05, 3.63) is 58.1 Å². The van der Waals surface area contributed by atoms with Gasteiger partial charge >= 0.3 is 0 Å². The van der Waals surface area contributed by atoms with Crippen LogP contribution in [0.2, 0.25) is 0 Å². The van der Waals surface area contributed by atoms with Crippen molar-refractivity contribution in [3.8, 4) is 11.8 Å². The molecule has 130 valence electrons. The number of rotatable bonds is 6. The lowest BCUT2D eigenvalue weighted by atomic mass is 10.2. The summed E-state index contributed by atoms with van der Waals surface area (Å²) < 4.78 is 5.73. The highest BCUT2D eigenvalue weighted by Gasteiger charge is 2.14. The fourth-order valence-corrected chi connectivity index (χ4v) is 3.79. The summed E-state index contributed by atoms with van der Waals surface area (Å²) in [6.07, 6.45) is 0. The van der Waals surface area contributed by atoms with Crippen LogP contribution in [0.25, 0.3) is 0 Å². The van der Waals surface area contributed by atoms with E-state index in [0.717, 1.165) is 11.4 Å². The zero-order valence-electron chi connectivity index (χ0n) is 13.4. The quantitative estimate of drug-likeness (QED) is 0.495. The molecule has 0 spiro atoms. The van der Waals surface area contributed by atoms with Crippen LogP contribution < -0.4 is 10.1 Å². The molecule has 1 aromatic heterocycles. The molecule has 10 heteroatoms. The highest BCUT2D eigenvalue weighted by Crippen LogP contribution is 2.35. The van der Waals surface area contributed by atoms with E-state index in [1.165, 1.54) is 35.2 Å². The first kappa shape index (κ1) is 17.7. The molecule has 0 saturated carbocycles. The Kier molecular flexibility index (Phi) is 5.31.